The first-order chi connectivity index (χ1) is 14.2. The largest absolute Gasteiger partial charge is 0.372 e. The molecule has 0 bridgehead atoms. The van der Waals surface area contributed by atoms with Gasteiger partial charge in [0.2, 0.25) is 21.8 Å². The lowest BCUT2D eigenvalue weighted by atomic mass is 9.92. The fraction of sp³-hybridized carbons (Fsp3) is 0.905. The molecule has 0 aromatic heterocycles. The second-order valence-electron chi connectivity index (χ2n) is 9.11. The molecular weight excluding hydrogens is 406 g/mol. The van der Waals surface area contributed by atoms with Gasteiger partial charge in [0.05, 0.1) is 23.9 Å². The zero-order chi connectivity index (χ0) is 21.9. The van der Waals surface area contributed by atoms with Crippen molar-refractivity contribution in [2.75, 3.05) is 45.0 Å². The van der Waals surface area contributed by atoms with Crippen LogP contribution in [0, 0.1) is 11.8 Å². The number of morpholine rings is 1. The van der Waals surface area contributed by atoms with E-state index in [2.05, 4.69) is 0 Å². The van der Waals surface area contributed by atoms with Crippen LogP contribution in [0.1, 0.15) is 52.9 Å². The summed E-state index contributed by atoms with van der Waals surface area (Å²) in [5.41, 5.74) is 0. The van der Waals surface area contributed by atoms with Crippen LogP contribution in [0.2, 0.25) is 0 Å². The van der Waals surface area contributed by atoms with Crippen LogP contribution in [-0.4, -0.2) is 91.6 Å². The smallest absolute Gasteiger partial charge is 0.227 e. The molecule has 172 valence electrons. The fourth-order valence-corrected chi connectivity index (χ4v) is 6.59. The van der Waals surface area contributed by atoms with E-state index in [0.717, 1.165) is 12.8 Å². The predicted molar refractivity (Wildman–Crippen MR) is 114 cm³/mol. The molecule has 3 heterocycles. The Balaban J connectivity index is 1.52. The maximum atomic E-state index is 13.0. The molecule has 0 aromatic carbocycles. The Morgan fingerprint density at radius 2 is 1.47 bits per heavy atom. The van der Waals surface area contributed by atoms with E-state index < -0.39 is 10.0 Å². The Bertz CT molecular complexity index is 710. The van der Waals surface area contributed by atoms with Crippen LogP contribution in [0.25, 0.3) is 0 Å². The number of hydrogen-bond donors (Lipinski definition) is 0. The van der Waals surface area contributed by atoms with Gasteiger partial charge in [-0.2, -0.15) is 0 Å². The molecule has 3 aliphatic heterocycles. The van der Waals surface area contributed by atoms with Crippen LogP contribution in [0.5, 0.6) is 0 Å². The molecule has 8 nitrogen and oxygen atoms in total. The number of piperidine rings is 2. The molecule has 3 aliphatic rings. The van der Waals surface area contributed by atoms with E-state index in [9.17, 15) is 18.0 Å². The molecule has 0 N–H and O–H groups in total. The van der Waals surface area contributed by atoms with Crippen molar-refractivity contribution >= 4 is 21.8 Å². The maximum absolute atomic E-state index is 13.0. The van der Waals surface area contributed by atoms with Crippen molar-refractivity contribution in [3.8, 4) is 0 Å². The highest BCUT2D eigenvalue weighted by molar-refractivity contribution is 7.89. The number of likely N-dealkylation sites (tertiary alicyclic amines) is 1. The summed E-state index contributed by atoms with van der Waals surface area (Å²) >= 11 is 0. The van der Waals surface area contributed by atoms with E-state index in [1.807, 2.05) is 30.6 Å². The molecule has 0 spiro atoms. The van der Waals surface area contributed by atoms with Gasteiger partial charge >= 0.3 is 0 Å². The minimum absolute atomic E-state index is 0.0423. The van der Waals surface area contributed by atoms with E-state index in [-0.39, 0.29) is 41.6 Å². The van der Waals surface area contributed by atoms with E-state index in [1.165, 1.54) is 4.31 Å². The number of carbonyl (C=O) groups is 2. The summed E-state index contributed by atoms with van der Waals surface area (Å²) in [5, 5.41) is 0. The van der Waals surface area contributed by atoms with Gasteiger partial charge in [0.1, 0.15) is 0 Å². The fourth-order valence-electron chi connectivity index (χ4n) is 5.00. The second kappa shape index (κ2) is 9.96. The van der Waals surface area contributed by atoms with E-state index >= 15 is 0 Å². The summed E-state index contributed by atoms with van der Waals surface area (Å²) < 4.78 is 32.0. The van der Waals surface area contributed by atoms with Crippen LogP contribution in [0.4, 0.5) is 0 Å². The molecule has 2 amide bonds. The Labute approximate surface area is 180 Å². The van der Waals surface area contributed by atoms with Gasteiger partial charge < -0.3 is 14.5 Å². The Morgan fingerprint density at radius 3 is 2.07 bits per heavy atom. The van der Waals surface area contributed by atoms with Crippen molar-refractivity contribution in [2.24, 2.45) is 11.8 Å². The number of carbonyl (C=O) groups excluding carboxylic acids is 2. The molecule has 0 saturated carbocycles. The summed E-state index contributed by atoms with van der Waals surface area (Å²) in [4.78, 5) is 29.7. The minimum Gasteiger partial charge on any atom is -0.372 e. The molecule has 0 aliphatic carbocycles. The van der Waals surface area contributed by atoms with Crippen molar-refractivity contribution in [1.29, 1.82) is 0 Å². The predicted octanol–water partition coefficient (Wildman–Crippen LogP) is 1.31. The Hall–Kier alpha value is -1.19. The summed E-state index contributed by atoms with van der Waals surface area (Å²) in [6.45, 7) is 9.05. The highest BCUT2D eigenvalue weighted by atomic mass is 32.2. The molecule has 3 fully saturated rings. The first-order valence-electron chi connectivity index (χ1n) is 11.4. The summed E-state index contributed by atoms with van der Waals surface area (Å²) in [7, 11) is -3.27. The zero-order valence-electron chi connectivity index (χ0n) is 18.6. The topological polar surface area (TPSA) is 87.2 Å². The van der Waals surface area contributed by atoms with E-state index in [1.54, 1.807) is 0 Å². The third kappa shape index (κ3) is 5.53. The van der Waals surface area contributed by atoms with Gasteiger partial charge in [-0.3, -0.25) is 9.59 Å². The van der Waals surface area contributed by atoms with Crippen LogP contribution in [-0.2, 0) is 24.3 Å². The van der Waals surface area contributed by atoms with Gasteiger partial charge in [-0.25, -0.2) is 12.7 Å². The van der Waals surface area contributed by atoms with Crippen LogP contribution >= 0.6 is 0 Å². The van der Waals surface area contributed by atoms with Crippen molar-refractivity contribution in [3.05, 3.63) is 0 Å². The number of amides is 2. The summed E-state index contributed by atoms with van der Waals surface area (Å²) in [6, 6.07) is 0. The first-order valence-corrected chi connectivity index (χ1v) is 13.0. The maximum Gasteiger partial charge on any atom is 0.227 e. The molecule has 0 radical (unpaired) electrons. The summed E-state index contributed by atoms with van der Waals surface area (Å²) in [6.07, 6.45) is 3.50. The third-order valence-electron chi connectivity index (χ3n) is 6.48. The SMILES string of the molecule is CCCS(=O)(=O)N1CCCC(C(=O)N2CCC(C(=O)N3CC(C)OC(C)C3)CC2)C1. The highest BCUT2D eigenvalue weighted by Crippen LogP contribution is 2.26. The van der Waals surface area contributed by atoms with Crippen LogP contribution in [0.3, 0.4) is 0 Å². The molecule has 9 heteroatoms. The molecule has 3 unspecified atom stereocenters. The van der Waals surface area contributed by atoms with Crippen molar-refractivity contribution in [1.82, 2.24) is 14.1 Å². The van der Waals surface area contributed by atoms with Gasteiger partial charge in [0.25, 0.3) is 0 Å². The lowest BCUT2D eigenvalue weighted by Crippen LogP contribution is -2.53. The number of hydrogen-bond acceptors (Lipinski definition) is 5. The second-order valence-corrected chi connectivity index (χ2v) is 11.2. The highest BCUT2D eigenvalue weighted by Gasteiger charge is 2.37. The molecule has 30 heavy (non-hydrogen) atoms. The number of sulfonamides is 1. The van der Waals surface area contributed by atoms with Crippen LogP contribution in [0.15, 0.2) is 0 Å². The average Bonchev–Trinajstić information content (AvgIpc) is 2.72. The zero-order valence-corrected chi connectivity index (χ0v) is 19.4. The van der Waals surface area contributed by atoms with Gasteiger partial charge in [0, 0.05) is 45.2 Å². The number of rotatable bonds is 5. The molecule has 3 atom stereocenters. The Morgan fingerprint density at radius 1 is 0.867 bits per heavy atom. The minimum atomic E-state index is -3.27. The lowest BCUT2D eigenvalue weighted by Gasteiger charge is -2.40. The monoisotopic (exact) mass is 443 g/mol. The Kier molecular flexibility index (Phi) is 7.79. The van der Waals surface area contributed by atoms with Crippen molar-refractivity contribution in [2.45, 2.75) is 65.1 Å². The standard InChI is InChI=1S/C21H37N3O5S/c1-4-12-30(27,28)24-9-5-6-19(15-24)21(26)22-10-7-18(8-11-22)20(25)23-13-16(2)29-17(3)14-23/h16-19H,4-15H2,1-3H3. The van der Waals surface area contributed by atoms with Gasteiger partial charge in [-0.05, 0) is 46.0 Å². The molecule has 3 rings (SSSR count). The van der Waals surface area contributed by atoms with Crippen molar-refractivity contribution < 1.29 is 22.7 Å². The molecular formula is C21H37N3O5S. The van der Waals surface area contributed by atoms with Crippen molar-refractivity contribution in [3.63, 3.8) is 0 Å². The molecule has 3 saturated heterocycles. The third-order valence-corrected chi connectivity index (χ3v) is 8.52. The van der Waals surface area contributed by atoms with E-state index in [0.29, 0.717) is 58.5 Å². The normalized spacial score (nSPS) is 29.8. The molecule has 0 aromatic rings. The first kappa shape index (κ1) is 23.5. The number of nitrogens with zero attached hydrogens (tertiary/aromatic N) is 3. The van der Waals surface area contributed by atoms with Crippen LogP contribution < -0.4 is 0 Å². The number of ether oxygens (including phenoxy) is 1. The quantitative estimate of drug-likeness (QED) is 0.639. The van der Waals surface area contributed by atoms with Gasteiger partial charge in [-0.15, -0.1) is 0 Å². The van der Waals surface area contributed by atoms with Gasteiger partial charge in [-0.1, -0.05) is 6.92 Å². The average molecular weight is 444 g/mol. The lowest BCUT2D eigenvalue weighted by molar-refractivity contribution is -0.151. The summed E-state index contributed by atoms with van der Waals surface area (Å²) in [5.74, 6) is 0.0580. The van der Waals surface area contributed by atoms with E-state index in [4.69, 9.17) is 4.74 Å². The van der Waals surface area contributed by atoms with Gasteiger partial charge in [0.15, 0.2) is 0 Å².